The molecule has 7 nitrogen and oxygen atoms in total. The van der Waals surface area contributed by atoms with Crippen LogP contribution in [0.2, 0.25) is 0 Å². The van der Waals surface area contributed by atoms with Crippen molar-refractivity contribution in [1.29, 1.82) is 0 Å². The van der Waals surface area contributed by atoms with Gasteiger partial charge in [-0.3, -0.25) is 4.55 Å². The molecular weight excluding hydrogens is 386 g/mol. The molecule has 0 aliphatic heterocycles. The molecule has 10 heteroatoms. The van der Waals surface area contributed by atoms with Gasteiger partial charge in [0.25, 0.3) is 22.3 Å². The Kier molecular flexibility index (Phi) is 7.12. The number of rotatable bonds is 7. The van der Waals surface area contributed by atoms with E-state index in [1.807, 2.05) is 0 Å². The lowest BCUT2D eigenvalue weighted by molar-refractivity contribution is -0.545. The average molecular weight is 412 g/mol. The topological polar surface area (TPSA) is 91.3 Å². The van der Waals surface area contributed by atoms with Crippen molar-refractivity contribution >= 4 is 10.1 Å². The van der Waals surface area contributed by atoms with Gasteiger partial charge in [-0.2, -0.15) is 18.2 Å². The van der Waals surface area contributed by atoms with E-state index in [1.54, 1.807) is 41.5 Å². The van der Waals surface area contributed by atoms with Crippen molar-refractivity contribution in [1.82, 2.24) is 0 Å². The summed E-state index contributed by atoms with van der Waals surface area (Å²) >= 11 is 0. The third-order valence-electron chi connectivity index (χ3n) is 2.93. The first-order valence-electron chi connectivity index (χ1n) is 8.08. The molecule has 0 heterocycles. The monoisotopic (exact) mass is 412 g/mol. The van der Waals surface area contributed by atoms with E-state index in [0.717, 1.165) is 12.1 Å². The van der Waals surface area contributed by atoms with E-state index in [9.17, 15) is 21.8 Å². The van der Waals surface area contributed by atoms with Gasteiger partial charge < -0.3 is 0 Å². The molecule has 0 saturated heterocycles. The second kappa shape index (κ2) is 8.06. The van der Waals surface area contributed by atoms with Crippen LogP contribution in [0, 0.1) is 0 Å². The van der Waals surface area contributed by atoms with Gasteiger partial charge in [0.05, 0.1) is 11.2 Å². The van der Waals surface area contributed by atoms with Crippen molar-refractivity contribution in [2.75, 3.05) is 0 Å². The number of halogens is 2. The molecule has 1 aromatic rings. The Morgan fingerprint density at radius 3 is 1.67 bits per heavy atom. The van der Waals surface area contributed by atoms with Gasteiger partial charge in [0.2, 0.25) is 0 Å². The quantitative estimate of drug-likeness (QED) is 0.304. The minimum Gasteiger partial charge on any atom is -0.282 e. The van der Waals surface area contributed by atoms with Gasteiger partial charge >= 0.3 is 0 Å². The standard InChI is InChI=1S/C17H26F2O7S/c1-15(2,3)23-25-17(7,26-24-16(4,5)6)12-9-8-11(14(18)19)10-13(12)27(20,21)22/h8-10,14H,1-7H3,(H,20,21,22). The molecule has 0 fully saturated rings. The van der Waals surface area contributed by atoms with Gasteiger partial charge in [0.1, 0.15) is 4.90 Å². The van der Waals surface area contributed by atoms with Crippen molar-refractivity contribution in [3.05, 3.63) is 29.3 Å². The van der Waals surface area contributed by atoms with Gasteiger partial charge in [0.15, 0.2) is 0 Å². The zero-order valence-corrected chi connectivity index (χ0v) is 17.2. The summed E-state index contributed by atoms with van der Waals surface area (Å²) in [5, 5.41) is 0. The fourth-order valence-electron chi connectivity index (χ4n) is 1.78. The molecule has 0 amide bonds. The van der Waals surface area contributed by atoms with E-state index in [1.165, 1.54) is 6.92 Å². The highest BCUT2D eigenvalue weighted by Crippen LogP contribution is 2.37. The van der Waals surface area contributed by atoms with Crippen molar-refractivity contribution in [3.63, 3.8) is 0 Å². The van der Waals surface area contributed by atoms with Crippen LogP contribution >= 0.6 is 0 Å². The van der Waals surface area contributed by atoms with Crippen LogP contribution in [0.5, 0.6) is 0 Å². The van der Waals surface area contributed by atoms with Crippen LogP contribution < -0.4 is 0 Å². The molecule has 1 aromatic carbocycles. The average Bonchev–Trinajstić information content (AvgIpc) is 2.48. The number of benzene rings is 1. The molecule has 0 aliphatic carbocycles. The fourth-order valence-corrected chi connectivity index (χ4v) is 2.59. The van der Waals surface area contributed by atoms with E-state index in [4.69, 9.17) is 19.6 Å². The van der Waals surface area contributed by atoms with Crippen molar-refractivity contribution in [3.8, 4) is 0 Å². The number of alkyl halides is 2. The Bertz CT molecular complexity index is 732. The Morgan fingerprint density at radius 2 is 1.33 bits per heavy atom. The van der Waals surface area contributed by atoms with Crippen LogP contribution in [0.15, 0.2) is 23.1 Å². The second-order valence-electron chi connectivity index (χ2n) is 8.04. The highest BCUT2D eigenvalue weighted by Gasteiger charge is 2.40. The lowest BCUT2D eigenvalue weighted by Gasteiger charge is -2.33. The SMILES string of the molecule is CC(C)(C)OOC(C)(OOC(C)(C)C)c1ccc(C(F)F)cc1S(=O)(=O)O. The zero-order valence-electron chi connectivity index (χ0n) is 16.4. The summed E-state index contributed by atoms with van der Waals surface area (Å²) < 4.78 is 59.1. The van der Waals surface area contributed by atoms with E-state index < -0.39 is 44.0 Å². The van der Waals surface area contributed by atoms with Crippen molar-refractivity contribution < 1.29 is 41.3 Å². The van der Waals surface area contributed by atoms with Gasteiger partial charge in [-0.15, -0.1) is 0 Å². The third kappa shape index (κ3) is 7.40. The Balaban J connectivity index is 3.51. The van der Waals surface area contributed by atoms with Gasteiger partial charge in [0, 0.05) is 18.1 Å². The predicted molar refractivity (Wildman–Crippen MR) is 92.4 cm³/mol. The minimum atomic E-state index is -4.88. The molecule has 0 spiro atoms. The lowest BCUT2D eigenvalue weighted by atomic mass is 10.1. The molecule has 27 heavy (non-hydrogen) atoms. The first-order valence-corrected chi connectivity index (χ1v) is 9.52. The summed E-state index contributed by atoms with van der Waals surface area (Å²) in [4.78, 5) is 20.3. The molecule has 0 aliphatic rings. The molecule has 0 bridgehead atoms. The first kappa shape index (κ1) is 23.9. The first-order chi connectivity index (χ1) is 11.9. The maximum atomic E-state index is 13.0. The van der Waals surface area contributed by atoms with E-state index in [-0.39, 0.29) is 5.56 Å². The van der Waals surface area contributed by atoms with Gasteiger partial charge in [-0.05, 0) is 47.6 Å². The van der Waals surface area contributed by atoms with E-state index in [2.05, 4.69) is 0 Å². The van der Waals surface area contributed by atoms with Crippen LogP contribution in [0.3, 0.4) is 0 Å². The zero-order chi connectivity index (χ0) is 21.3. The molecule has 0 radical (unpaired) electrons. The van der Waals surface area contributed by atoms with Crippen molar-refractivity contribution in [2.24, 2.45) is 0 Å². The summed E-state index contributed by atoms with van der Waals surface area (Å²) in [5.41, 5.74) is -2.49. The molecule has 0 atom stereocenters. The summed E-state index contributed by atoms with van der Waals surface area (Å²) in [6.07, 6.45) is -2.94. The largest absolute Gasteiger partial charge is 0.295 e. The molecule has 156 valence electrons. The maximum absolute atomic E-state index is 13.0. The highest BCUT2D eigenvalue weighted by atomic mass is 32.2. The molecule has 0 aromatic heterocycles. The van der Waals surface area contributed by atoms with Crippen LogP contribution in [-0.2, 0) is 35.5 Å². The fraction of sp³-hybridized carbons (Fsp3) is 0.647. The number of hydrogen-bond donors (Lipinski definition) is 1. The lowest BCUT2D eigenvalue weighted by Crippen LogP contribution is -2.37. The second-order valence-corrected chi connectivity index (χ2v) is 9.43. The molecule has 0 saturated carbocycles. The summed E-state index contributed by atoms with van der Waals surface area (Å²) in [7, 11) is -4.88. The van der Waals surface area contributed by atoms with Crippen LogP contribution in [0.1, 0.15) is 66.0 Å². The van der Waals surface area contributed by atoms with Crippen LogP contribution in [0.25, 0.3) is 0 Å². The predicted octanol–water partition coefficient (Wildman–Crippen LogP) is 4.54. The van der Waals surface area contributed by atoms with Crippen LogP contribution in [0.4, 0.5) is 8.78 Å². The number of hydrogen-bond acceptors (Lipinski definition) is 6. The minimum absolute atomic E-state index is 0.275. The smallest absolute Gasteiger partial charge is 0.282 e. The Morgan fingerprint density at radius 1 is 0.889 bits per heavy atom. The summed E-state index contributed by atoms with van der Waals surface area (Å²) in [6.45, 7) is 11.3. The maximum Gasteiger partial charge on any atom is 0.295 e. The Hall–Kier alpha value is -1.17. The van der Waals surface area contributed by atoms with E-state index >= 15 is 0 Å². The molecule has 1 N–H and O–H groups in total. The molecule has 1 rings (SSSR count). The van der Waals surface area contributed by atoms with Gasteiger partial charge in [-0.1, -0.05) is 12.1 Å². The Labute approximate surface area is 158 Å². The van der Waals surface area contributed by atoms with E-state index in [0.29, 0.717) is 6.07 Å². The summed E-state index contributed by atoms with van der Waals surface area (Å²) in [5.74, 6) is -1.99. The van der Waals surface area contributed by atoms with Crippen LogP contribution in [-0.4, -0.2) is 24.2 Å². The normalized spacial score (nSPS) is 14.0. The summed E-state index contributed by atoms with van der Waals surface area (Å²) in [6, 6.07) is 2.69. The highest BCUT2D eigenvalue weighted by molar-refractivity contribution is 7.85. The molecule has 0 unspecified atom stereocenters. The van der Waals surface area contributed by atoms with Gasteiger partial charge in [-0.25, -0.2) is 18.6 Å². The van der Waals surface area contributed by atoms with Crippen molar-refractivity contribution in [2.45, 2.75) is 76.8 Å². The molecular formula is C17H26F2O7S. The third-order valence-corrected chi connectivity index (χ3v) is 3.82.